The predicted molar refractivity (Wildman–Crippen MR) is 75.0 cm³/mol. The van der Waals surface area contributed by atoms with Gasteiger partial charge >= 0.3 is 5.97 Å². The van der Waals surface area contributed by atoms with Crippen molar-refractivity contribution in [2.75, 3.05) is 6.61 Å². The summed E-state index contributed by atoms with van der Waals surface area (Å²) in [7, 11) is 0. The van der Waals surface area contributed by atoms with E-state index >= 15 is 0 Å². The van der Waals surface area contributed by atoms with Crippen LogP contribution < -0.4 is 4.74 Å². The Hall–Kier alpha value is -0.930. The largest absolute Gasteiger partial charge is 0.493 e. The van der Waals surface area contributed by atoms with Crippen LogP contribution in [0.1, 0.15) is 25.7 Å². The monoisotopic (exact) mass is 302 g/mol. The van der Waals surface area contributed by atoms with Crippen molar-refractivity contribution >= 4 is 29.2 Å². The molecule has 0 aromatic heterocycles. The van der Waals surface area contributed by atoms with Crippen LogP contribution in [0.4, 0.5) is 0 Å². The molecule has 2 rings (SSSR count). The van der Waals surface area contributed by atoms with Crippen molar-refractivity contribution in [1.29, 1.82) is 0 Å². The van der Waals surface area contributed by atoms with Crippen LogP contribution in [0, 0.1) is 11.8 Å². The van der Waals surface area contributed by atoms with Gasteiger partial charge in [0.05, 0.1) is 22.6 Å². The third-order valence-electron chi connectivity index (χ3n) is 3.58. The average Bonchev–Trinajstić information content (AvgIpc) is 2.40. The van der Waals surface area contributed by atoms with E-state index in [1.165, 1.54) is 0 Å². The van der Waals surface area contributed by atoms with E-state index in [0.717, 1.165) is 25.7 Å². The first-order valence-electron chi connectivity index (χ1n) is 6.38. The fourth-order valence-electron chi connectivity index (χ4n) is 2.50. The molecule has 0 radical (unpaired) electrons. The van der Waals surface area contributed by atoms with Crippen molar-refractivity contribution in [1.82, 2.24) is 0 Å². The van der Waals surface area contributed by atoms with Crippen molar-refractivity contribution in [2.24, 2.45) is 11.8 Å². The molecular formula is C14H16Cl2O3. The van der Waals surface area contributed by atoms with Gasteiger partial charge in [-0.1, -0.05) is 36.0 Å². The molecule has 0 unspecified atom stereocenters. The van der Waals surface area contributed by atoms with Crippen LogP contribution in [0.5, 0.6) is 5.75 Å². The van der Waals surface area contributed by atoms with Crippen LogP contribution in [-0.2, 0) is 4.79 Å². The zero-order valence-corrected chi connectivity index (χ0v) is 12.0. The molecule has 0 bridgehead atoms. The second-order valence-electron chi connectivity index (χ2n) is 4.88. The fraction of sp³-hybridized carbons (Fsp3) is 0.500. The van der Waals surface area contributed by atoms with Crippen molar-refractivity contribution < 1.29 is 14.6 Å². The van der Waals surface area contributed by atoms with Gasteiger partial charge in [0.25, 0.3) is 0 Å². The second kappa shape index (κ2) is 6.49. The number of benzene rings is 1. The predicted octanol–water partition coefficient (Wildman–Crippen LogP) is 4.26. The number of halogens is 2. The van der Waals surface area contributed by atoms with Gasteiger partial charge in [0.2, 0.25) is 0 Å². The summed E-state index contributed by atoms with van der Waals surface area (Å²) in [5.41, 5.74) is 0. The number of carboxylic acids is 1. The van der Waals surface area contributed by atoms with Gasteiger partial charge in [0.15, 0.2) is 0 Å². The molecule has 0 spiro atoms. The summed E-state index contributed by atoms with van der Waals surface area (Å²) < 4.78 is 5.66. The topological polar surface area (TPSA) is 46.5 Å². The standard InChI is InChI=1S/C14H16Cl2O3/c15-12-6-5-10(7-13(12)16)19-8-9-3-1-2-4-11(9)14(17)18/h5-7,9,11H,1-4,8H2,(H,17,18)/t9-,11-/m0/s1. The molecule has 104 valence electrons. The molecule has 1 N–H and O–H groups in total. The van der Waals surface area contributed by atoms with Gasteiger partial charge in [0.1, 0.15) is 5.75 Å². The van der Waals surface area contributed by atoms with Crippen LogP contribution >= 0.6 is 23.2 Å². The van der Waals surface area contributed by atoms with Crippen LogP contribution in [-0.4, -0.2) is 17.7 Å². The minimum atomic E-state index is -0.720. The molecule has 3 nitrogen and oxygen atoms in total. The highest BCUT2D eigenvalue weighted by Gasteiger charge is 2.31. The van der Waals surface area contributed by atoms with Gasteiger partial charge in [-0.05, 0) is 25.0 Å². The Morgan fingerprint density at radius 2 is 2.00 bits per heavy atom. The first-order valence-corrected chi connectivity index (χ1v) is 7.14. The molecule has 2 atom stereocenters. The number of hydrogen-bond acceptors (Lipinski definition) is 2. The second-order valence-corrected chi connectivity index (χ2v) is 5.69. The summed E-state index contributed by atoms with van der Waals surface area (Å²) in [5, 5.41) is 10.1. The Morgan fingerprint density at radius 3 is 2.68 bits per heavy atom. The molecule has 19 heavy (non-hydrogen) atoms. The highest BCUT2D eigenvalue weighted by molar-refractivity contribution is 6.42. The van der Waals surface area contributed by atoms with Crippen molar-refractivity contribution in [3.8, 4) is 5.75 Å². The fourth-order valence-corrected chi connectivity index (χ4v) is 2.79. The third kappa shape index (κ3) is 3.77. The minimum Gasteiger partial charge on any atom is -0.493 e. The highest BCUT2D eigenvalue weighted by Crippen LogP contribution is 2.32. The zero-order chi connectivity index (χ0) is 13.8. The van der Waals surface area contributed by atoms with Gasteiger partial charge in [-0.3, -0.25) is 4.79 Å². The number of carbonyl (C=O) groups is 1. The molecule has 0 heterocycles. The Kier molecular flexibility index (Phi) is 4.94. The van der Waals surface area contributed by atoms with Crippen molar-refractivity contribution in [3.63, 3.8) is 0 Å². The molecule has 1 aliphatic rings. The SMILES string of the molecule is O=C(O)[C@H]1CCCC[C@H]1COc1ccc(Cl)c(Cl)c1. The molecule has 5 heteroatoms. The van der Waals surface area contributed by atoms with Gasteiger partial charge in [-0.2, -0.15) is 0 Å². The number of ether oxygens (including phenoxy) is 1. The van der Waals surface area contributed by atoms with E-state index in [0.29, 0.717) is 22.4 Å². The first kappa shape index (κ1) is 14.5. The Balaban J connectivity index is 1.96. The smallest absolute Gasteiger partial charge is 0.306 e. The highest BCUT2D eigenvalue weighted by atomic mass is 35.5. The molecule has 1 fully saturated rings. The molecule has 1 saturated carbocycles. The van der Waals surface area contributed by atoms with Crippen LogP contribution in [0.25, 0.3) is 0 Å². The summed E-state index contributed by atoms with van der Waals surface area (Å²) in [6.07, 6.45) is 3.70. The summed E-state index contributed by atoms with van der Waals surface area (Å²) in [6.45, 7) is 0.412. The van der Waals surface area contributed by atoms with E-state index < -0.39 is 5.97 Å². The summed E-state index contributed by atoms with van der Waals surface area (Å²) in [6, 6.07) is 5.07. The van der Waals surface area contributed by atoms with Crippen LogP contribution in [0.3, 0.4) is 0 Å². The summed E-state index contributed by atoms with van der Waals surface area (Å²) in [4.78, 5) is 11.2. The lowest BCUT2D eigenvalue weighted by Gasteiger charge is -2.28. The van der Waals surface area contributed by atoms with E-state index in [2.05, 4.69) is 0 Å². The number of hydrogen-bond donors (Lipinski definition) is 1. The van der Waals surface area contributed by atoms with E-state index in [4.69, 9.17) is 27.9 Å². The molecule has 1 aliphatic carbocycles. The molecule has 0 aliphatic heterocycles. The number of rotatable bonds is 4. The summed E-state index contributed by atoms with van der Waals surface area (Å²) in [5.74, 6) is -0.316. The van der Waals surface area contributed by atoms with E-state index in [9.17, 15) is 9.90 Å². The van der Waals surface area contributed by atoms with E-state index in [1.807, 2.05) is 0 Å². The number of carboxylic acid groups (broad SMARTS) is 1. The Morgan fingerprint density at radius 1 is 1.26 bits per heavy atom. The maximum Gasteiger partial charge on any atom is 0.306 e. The lowest BCUT2D eigenvalue weighted by atomic mass is 9.80. The maximum atomic E-state index is 11.2. The summed E-state index contributed by atoms with van der Waals surface area (Å²) >= 11 is 11.7. The van der Waals surface area contributed by atoms with Crippen molar-refractivity contribution in [3.05, 3.63) is 28.2 Å². The van der Waals surface area contributed by atoms with Gasteiger partial charge < -0.3 is 9.84 Å². The zero-order valence-electron chi connectivity index (χ0n) is 10.4. The molecular weight excluding hydrogens is 287 g/mol. The molecule has 1 aromatic rings. The third-order valence-corrected chi connectivity index (χ3v) is 4.32. The first-order chi connectivity index (χ1) is 9.08. The minimum absolute atomic E-state index is 0.0701. The van der Waals surface area contributed by atoms with Crippen molar-refractivity contribution in [2.45, 2.75) is 25.7 Å². The lowest BCUT2D eigenvalue weighted by Crippen LogP contribution is -2.31. The lowest BCUT2D eigenvalue weighted by molar-refractivity contribution is -0.145. The quantitative estimate of drug-likeness (QED) is 0.904. The Bertz CT molecular complexity index is 462. The maximum absolute atomic E-state index is 11.2. The average molecular weight is 303 g/mol. The van der Waals surface area contributed by atoms with Crippen LogP contribution in [0.15, 0.2) is 18.2 Å². The Labute approximate surface area is 122 Å². The van der Waals surface area contributed by atoms with Gasteiger partial charge in [-0.25, -0.2) is 0 Å². The van der Waals surface area contributed by atoms with Crippen LogP contribution in [0.2, 0.25) is 10.0 Å². The molecule has 0 amide bonds. The van der Waals surface area contributed by atoms with E-state index in [1.54, 1.807) is 18.2 Å². The normalized spacial score (nSPS) is 23.1. The van der Waals surface area contributed by atoms with Gasteiger partial charge in [0, 0.05) is 12.0 Å². The van der Waals surface area contributed by atoms with E-state index in [-0.39, 0.29) is 11.8 Å². The molecule has 1 aromatic carbocycles. The number of aliphatic carboxylic acids is 1. The van der Waals surface area contributed by atoms with Gasteiger partial charge in [-0.15, -0.1) is 0 Å². The molecule has 0 saturated heterocycles.